The van der Waals surface area contributed by atoms with Crippen LogP contribution in [0.1, 0.15) is 35.5 Å². The lowest BCUT2D eigenvalue weighted by molar-refractivity contribution is -0.116. The lowest BCUT2D eigenvalue weighted by Crippen LogP contribution is -2.41. The number of hydrogen-bond acceptors (Lipinski definition) is 5. The summed E-state index contributed by atoms with van der Waals surface area (Å²) < 4.78 is 15.3. The topological polar surface area (TPSA) is 71.8 Å². The van der Waals surface area contributed by atoms with Crippen molar-refractivity contribution in [3.63, 3.8) is 0 Å². The Bertz CT molecular complexity index is 1050. The van der Waals surface area contributed by atoms with E-state index in [0.717, 1.165) is 28.2 Å². The standard InChI is InChI=1S/C21H22FN5OS/c1-4-17-24-25-21-27(17)26-18(14-6-8-15(22)9-7-14)19(29-21)20(28)23-16-10-5-12(2)11-13(16)3/h5-11,18-19,26H,4H2,1-3H3,(H,23,28). The molecule has 1 aliphatic rings. The quantitative estimate of drug-likeness (QED) is 0.679. The van der Waals surface area contributed by atoms with Gasteiger partial charge >= 0.3 is 0 Å². The van der Waals surface area contributed by atoms with E-state index in [1.54, 1.807) is 12.1 Å². The van der Waals surface area contributed by atoms with Gasteiger partial charge in [-0.1, -0.05) is 48.5 Å². The number of amides is 1. The summed E-state index contributed by atoms with van der Waals surface area (Å²) in [6, 6.07) is 11.8. The Hall–Kier alpha value is -2.87. The maximum Gasteiger partial charge on any atom is 0.240 e. The summed E-state index contributed by atoms with van der Waals surface area (Å²) >= 11 is 1.36. The molecular weight excluding hydrogens is 389 g/mol. The average molecular weight is 412 g/mol. The zero-order valence-corrected chi connectivity index (χ0v) is 17.3. The van der Waals surface area contributed by atoms with E-state index in [4.69, 9.17) is 0 Å². The number of thioether (sulfide) groups is 1. The van der Waals surface area contributed by atoms with Gasteiger partial charge in [0.1, 0.15) is 11.1 Å². The molecule has 29 heavy (non-hydrogen) atoms. The Labute approximate surface area is 172 Å². The second-order valence-corrected chi connectivity index (χ2v) is 8.20. The predicted molar refractivity (Wildman–Crippen MR) is 112 cm³/mol. The van der Waals surface area contributed by atoms with Crippen LogP contribution in [0.5, 0.6) is 0 Å². The Kier molecular flexibility index (Phi) is 5.27. The van der Waals surface area contributed by atoms with E-state index < -0.39 is 5.25 Å². The first-order valence-corrected chi connectivity index (χ1v) is 10.4. The summed E-state index contributed by atoms with van der Waals surface area (Å²) in [5, 5.41) is 11.6. The number of halogens is 1. The number of carbonyl (C=O) groups excluding carboxylic acids is 1. The number of carbonyl (C=O) groups is 1. The number of rotatable bonds is 4. The Morgan fingerprint density at radius 3 is 2.66 bits per heavy atom. The number of anilines is 1. The van der Waals surface area contributed by atoms with Crippen molar-refractivity contribution in [3.8, 4) is 0 Å². The van der Waals surface area contributed by atoms with Gasteiger partial charge in [-0.15, -0.1) is 10.2 Å². The van der Waals surface area contributed by atoms with Gasteiger partial charge in [0, 0.05) is 12.1 Å². The molecule has 1 aliphatic heterocycles. The summed E-state index contributed by atoms with van der Waals surface area (Å²) in [6.07, 6.45) is 0.704. The van der Waals surface area contributed by atoms with E-state index >= 15 is 0 Å². The van der Waals surface area contributed by atoms with Crippen LogP contribution in [-0.4, -0.2) is 26.0 Å². The number of fused-ring (bicyclic) bond motifs is 1. The Morgan fingerprint density at radius 1 is 1.21 bits per heavy atom. The van der Waals surface area contributed by atoms with E-state index in [2.05, 4.69) is 20.9 Å². The van der Waals surface area contributed by atoms with Crippen molar-refractivity contribution in [3.05, 3.63) is 70.8 Å². The van der Waals surface area contributed by atoms with E-state index in [1.165, 1.54) is 23.9 Å². The third kappa shape index (κ3) is 3.85. The van der Waals surface area contributed by atoms with Crippen molar-refractivity contribution in [2.75, 3.05) is 10.7 Å². The zero-order chi connectivity index (χ0) is 20.5. The highest BCUT2D eigenvalue weighted by atomic mass is 32.2. The van der Waals surface area contributed by atoms with Gasteiger partial charge in [-0.05, 0) is 43.2 Å². The van der Waals surface area contributed by atoms with E-state index in [0.29, 0.717) is 11.6 Å². The zero-order valence-electron chi connectivity index (χ0n) is 16.4. The van der Waals surface area contributed by atoms with Crippen molar-refractivity contribution in [1.82, 2.24) is 14.9 Å². The number of nitrogens with zero attached hydrogens (tertiary/aromatic N) is 3. The van der Waals surface area contributed by atoms with Crippen molar-refractivity contribution in [2.45, 2.75) is 43.6 Å². The third-order valence-corrected chi connectivity index (χ3v) is 6.16. The highest BCUT2D eigenvalue weighted by molar-refractivity contribution is 8.00. The van der Waals surface area contributed by atoms with Crippen LogP contribution in [0.3, 0.4) is 0 Å². The molecule has 2 atom stereocenters. The summed E-state index contributed by atoms with van der Waals surface area (Å²) in [4.78, 5) is 13.2. The summed E-state index contributed by atoms with van der Waals surface area (Å²) in [5.74, 6) is 0.330. The van der Waals surface area contributed by atoms with Gasteiger partial charge in [0.05, 0.1) is 6.04 Å². The summed E-state index contributed by atoms with van der Waals surface area (Å²) in [6.45, 7) is 5.98. The SMILES string of the molecule is CCc1nnc2n1NC(c1ccc(F)cc1)C(C(=O)Nc1ccc(C)cc1C)S2. The first kappa shape index (κ1) is 19.4. The van der Waals surface area contributed by atoms with Crippen LogP contribution in [0.15, 0.2) is 47.6 Å². The molecule has 0 radical (unpaired) electrons. The minimum atomic E-state index is -0.498. The maximum atomic E-state index is 13.5. The highest BCUT2D eigenvalue weighted by Crippen LogP contribution is 2.37. The number of nitrogens with one attached hydrogen (secondary N) is 2. The van der Waals surface area contributed by atoms with Crippen LogP contribution in [-0.2, 0) is 11.2 Å². The number of hydrogen-bond donors (Lipinski definition) is 2. The van der Waals surface area contributed by atoms with Crippen LogP contribution >= 0.6 is 11.8 Å². The minimum Gasteiger partial charge on any atom is -0.325 e. The fourth-order valence-corrected chi connectivity index (χ4v) is 4.50. The molecule has 150 valence electrons. The first-order valence-electron chi connectivity index (χ1n) is 9.47. The molecule has 2 heterocycles. The molecule has 3 aromatic rings. The second-order valence-electron chi connectivity index (χ2n) is 7.09. The van der Waals surface area contributed by atoms with Gasteiger partial charge in [-0.3, -0.25) is 4.79 Å². The van der Waals surface area contributed by atoms with Crippen molar-refractivity contribution in [1.29, 1.82) is 0 Å². The van der Waals surface area contributed by atoms with E-state index in [1.807, 2.05) is 43.6 Å². The highest BCUT2D eigenvalue weighted by Gasteiger charge is 2.37. The molecule has 2 aromatic carbocycles. The van der Waals surface area contributed by atoms with Crippen LogP contribution < -0.4 is 10.7 Å². The average Bonchev–Trinajstić information content (AvgIpc) is 3.12. The van der Waals surface area contributed by atoms with Crippen molar-refractivity contribution >= 4 is 23.4 Å². The van der Waals surface area contributed by atoms with Crippen molar-refractivity contribution < 1.29 is 9.18 Å². The molecule has 1 amide bonds. The Morgan fingerprint density at radius 2 is 1.97 bits per heavy atom. The number of benzene rings is 2. The number of aryl methyl sites for hydroxylation is 3. The Balaban J connectivity index is 1.67. The van der Waals surface area contributed by atoms with Crippen molar-refractivity contribution in [2.24, 2.45) is 0 Å². The fourth-order valence-electron chi connectivity index (χ4n) is 3.41. The van der Waals surface area contributed by atoms with E-state index in [9.17, 15) is 9.18 Å². The van der Waals surface area contributed by atoms with Crippen LogP contribution in [0.2, 0.25) is 0 Å². The molecular formula is C21H22FN5OS. The normalized spacial score (nSPS) is 18.1. The molecule has 2 unspecified atom stereocenters. The maximum absolute atomic E-state index is 13.5. The monoisotopic (exact) mass is 411 g/mol. The second kappa shape index (κ2) is 7.87. The first-order chi connectivity index (χ1) is 14.0. The molecule has 2 N–H and O–H groups in total. The van der Waals surface area contributed by atoms with Crippen LogP contribution in [0, 0.1) is 19.7 Å². The van der Waals surface area contributed by atoms with E-state index in [-0.39, 0.29) is 17.8 Å². The van der Waals surface area contributed by atoms with Gasteiger partial charge in [-0.2, -0.15) is 0 Å². The molecule has 8 heteroatoms. The molecule has 4 rings (SSSR count). The van der Waals surface area contributed by atoms with Crippen LogP contribution in [0.25, 0.3) is 0 Å². The molecule has 0 fully saturated rings. The van der Waals surface area contributed by atoms with Gasteiger partial charge < -0.3 is 10.7 Å². The molecule has 0 spiro atoms. The minimum absolute atomic E-state index is 0.143. The summed E-state index contributed by atoms with van der Waals surface area (Å²) in [5.41, 5.74) is 7.10. The number of aromatic nitrogens is 3. The summed E-state index contributed by atoms with van der Waals surface area (Å²) in [7, 11) is 0. The molecule has 0 saturated carbocycles. The van der Waals surface area contributed by atoms with Gasteiger partial charge in [0.25, 0.3) is 0 Å². The molecule has 0 bridgehead atoms. The largest absolute Gasteiger partial charge is 0.325 e. The molecule has 6 nitrogen and oxygen atoms in total. The third-order valence-electron chi connectivity index (χ3n) is 4.95. The molecule has 0 aliphatic carbocycles. The molecule has 1 aromatic heterocycles. The lowest BCUT2D eigenvalue weighted by atomic mass is 10.0. The van der Waals surface area contributed by atoms with Gasteiger partial charge in [0.2, 0.25) is 11.1 Å². The smallest absolute Gasteiger partial charge is 0.240 e. The predicted octanol–water partition coefficient (Wildman–Crippen LogP) is 3.99. The van der Waals surface area contributed by atoms with Crippen LogP contribution in [0.4, 0.5) is 10.1 Å². The lowest BCUT2D eigenvalue weighted by Gasteiger charge is -2.33. The fraction of sp³-hybridized carbons (Fsp3) is 0.286. The van der Waals surface area contributed by atoms with Gasteiger partial charge in [-0.25, -0.2) is 9.07 Å². The molecule has 0 saturated heterocycles. The van der Waals surface area contributed by atoms with Gasteiger partial charge in [0.15, 0.2) is 5.82 Å².